The molecule has 2 aromatic heterocycles. The Hall–Kier alpha value is -2.41. The van der Waals surface area contributed by atoms with Crippen LogP contribution in [0.4, 0.5) is 0 Å². The zero-order valence-electron chi connectivity index (χ0n) is 14.9. The summed E-state index contributed by atoms with van der Waals surface area (Å²) in [4.78, 5) is 25.6. The Balaban J connectivity index is 1.55. The molecule has 7 nitrogen and oxygen atoms in total. The average Bonchev–Trinajstić information content (AvgIpc) is 2.91. The van der Waals surface area contributed by atoms with Gasteiger partial charge < -0.3 is 19.1 Å². The number of aryl methyl sites for hydroxylation is 1. The fourth-order valence-corrected chi connectivity index (χ4v) is 3.11. The van der Waals surface area contributed by atoms with Crippen molar-refractivity contribution in [3.8, 4) is 5.75 Å². The molecular weight excluding hydrogens is 318 g/mol. The van der Waals surface area contributed by atoms with Crippen LogP contribution in [0.15, 0.2) is 30.7 Å². The third kappa shape index (κ3) is 4.36. The number of hydrogen-bond donors (Lipinski definition) is 0. The van der Waals surface area contributed by atoms with Crippen molar-refractivity contribution < 1.29 is 9.53 Å². The molecule has 0 bridgehead atoms. The molecule has 0 saturated carbocycles. The van der Waals surface area contributed by atoms with Crippen molar-refractivity contribution in [2.45, 2.75) is 12.8 Å². The number of methoxy groups -OCH3 is 1. The lowest BCUT2D eigenvalue weighted by molar-refractivity contribution is 0.0755. The van der Waals surface area contributed by atoms with E-state index in [1.54, 1.807) is 25.4 Å². The van der Waals surface area contributed by atoms with Gasteiger partial charge in [0.15, 0.2) is 0 Å². The highest BCUT2D eigenvalue weighted by Crippen LogP contribution is 2.13. The van der Waals surface area contributed by atoms with Gasteiger partial charge in [-0.1, -0.05) is 0 Å². The first-order valence-electron chi connectivity index (χ1n) is 8.65. The molecule has 1 saturated heterocycles. The molecule has 1 aliphatic heterocycles. The van der Waals surface area contributed by atoms with Crippen LogP contribution < -0.4 is 4.74 Å². The summed E-state index contributed by atoms with van der Waals surface area (Å²) in [6, 6.07) is 3.45. The van der Waals surface area contributed by atoms with E-state index in [1.165, 1.54) is 0 Å². The highest BCUT2D eigenvalue weighted by molar-refractivity contribution is 5.92. The van der Waals surface area contributed by atoms with Crippen LogP contribution in [0.3, 0.4) is 0 Å². The van der Waals surface area contributed by atoms with Gasteiger partial charge in [-0.25, -0.2) is 4.98 Å². The van der Waals surface area contributed by atoms with Gasteiger partial charge in [0.25, 0.3) is 5.91 Å². The number of imidazole rings is 1. The number of carbonyl (C=O) groups is 1. The minimum Gasteiger partial charge on any atom is -0.497 e. The largest absolute Gasteiger partial charge is 0.497 e. The molecule has 0 atom stereocenters. The van der Waals surface area contributed by atoms with Gasteiger partial charge in [0.2, 0.25) is 0 Å². The predicted molar refractivity (Wildman–Crippen MR) is 94.7 cm³/mol. The molecule has 1 fully saturated rings. The van der Waals surface area contributed by atoms with E-state index >= 15 is 0 Å². The summed E-state index contributed by atoms with van der Waals surface area (Å²) < 4.78 is 7.24. The number of rotatable bonds is 5. The molecule has 2 aromatic rings. The van der Waals surface area contributed by atoms with Gasteiger partial charge in [-0.15, -0.1) is 0 Å². The Morgan fingerprint density at radius 3 is 2.84 bits per heavy atom. The Kier molecular flexibility index (Phi) is 5.65. The number of aromatic nitrogens is 3. The average molecular weight is 343 g/mol. The first-order chi connectivity index (χ1) is 12.2. The van der Waals surface area contributed by atoms with Gasteiger partial charge in [0, 0.05) is 64.3 Å². The van der Waals surface area contributed by atoms with E-state index in [1.807, 2.05) is 24.3 Å². The third-order valence-electron chi connectivity index (χ3n) is 4.63. The van der Waals surface area contributed by atoms with Crippen LogP contribution in [0.1, 0.15) is 22.7 Å². The normalized spacial score (nSPS) is 15.8. The molecule has 0 aliphatic carbocycles. The molecule has 0 unspecified atom stereocenters. The molecule has 0 radical (unpaired) electrons. The molecule has 0 spiro atoms. The van der Waals surface area contributed by atoms with E-state index in [-0.39, 0.29) is 5.91 Å². The predicted octanol–water partition coefficient (Wildman–Crippen LogP) is 1.21. The zero-order valence-corrected chi connectivity index (χ0v) is 14.9. The van der Waals surface area contributed by atoms with Crippen LogP contribution in [-0.2, 0) is 13.5 Å². The lowest BCUT2D eigenvalue weighted by atomic mass is 10.3. The summed E-state index contributed by atoms with van der Waals surface area (Å²) in [5.74, 6) is 1.73. The Labute approximate surface area is 148 Å². The highest BCUT2D eigenvalue weighted by atomic mass is 16.5. The van der Waals surface area contributed by atoms with Crippen LogP contribution in [0.5, 0.6) is 5.75 Å². The van der Waals surface area contributed by atoms with Gasteiger partial charge in [-0.3, -0.25) is 9.78 Å². The van der Waals surface area contributed by atoms with Crippen LogP contribution in [0.2, 0.25) is 0 Å². The fraction of sp³-hybridized carbons (Fsp3) is 0.500. The maximum atomic E-state index is 12.7. The SMILES string of the molecule is COc1ccnc(C(=O)N2CCCN(CCc3nccn3C)CC2)c1. The Morgan fingerprint density at radius 2 is 2.08 bits per heavy atom. The van der Waals surface area contributed by atoms with Crippen molar-refractivity contribution in [1.82, 2.24) is 24.3 Å². The van der Waals surface area contributed by atoms with E-state index in [0.29, 0.717) is 11.4 Å². The summed E-state index contributed by atoms with van der Waals surface area (Å²) in [7, 11) is 3.61. The van der Waals surface area contributed by atoms with Crippen LogP contribution in [0, 0.1) is 0 Å². The lowest BCUT2D eigenvalue weighted by Gasteiger charge is -2.21. The first kappa shape index (κ1) is 17.4. The zero-order chi connectivity index (χ0) is 17.6. The molecule has 3 rings (SSSR count). The molecule has 1 aliphatic rings. The van der Waals surface area contributed by atoms with Crippen molar-refractivity contribution in [3.05, 3.63) is 42.2 Å². The maximum Gasteiger partial charge on any atom is 0.272 e. The summed E-state index contributed by atoms with van der Waals surface area (Å²) in [6.45, 7) is 4.32. The first-order valence-corrected chi connectivity index (χ1v) is 8.65. The van der Waals surface area contributed by atoms with Crippen molar-refractivity contribution in [2.75, 3.05) is 39.8 Å². The van der Waals surface area contributed by atoms with E-state index in [0.717, 1.165) is 51.4 Å². The third-order valence-corrected chi connectivity index (χ3v) is 4.63. The minimum atomic E-state index is -0.0233. The smallest absolute Gasteiger partial charge is 0.272 e. The lowest BCUT2D eigenvalue weighted by Crippen LogP contribution is -2.36. The fourth-order valence-electron chi connectivity index (χ4n) is 3.11. The number of hydrogen-bond acceptors (Lipinski definition) is 5. The molecule has 1 amide bonds. The number of carbonyl (C=O) groups excluding carboxylic acids is 1. The maximum absolute atomic E-state index is 12.7. The monoisotopic (exact) mass is 343 g/mol. The molecule has 0 N–H and O–H groups in total. The number of ether oxygens (including phenoxy) is 1. The van der Waals surface area contributed by atoms with Crippen LogP contribution >= 0.6 is 0 Å². The van der Waals surface area contributed by atoms with Gasteiger partial charge in [0.1, 0.15) is 17.3 Å². The topological polar surface area (TPSA) is 63.5 Å². The number of amides is 1. The molecule has 0 aromatic carbocycles. The standard InChI is InChI=1S/C18H25N5O2/c1-21-11-7-20-17(21)5-10-22-8-3-9-23(13-12-22)18(24)16-14-15(25-2)4-6-19-16/h4,6-7,11,14H,3,5,8-10,12-13H2,1-2H3. The summed E-state index contributed by atoms with van der Waals surface area (Å²) >= 11 is 0. The van der Waals surface area contributed by atoms with Crippen molar-refractivity contribution in [3.63, 3.8) is 0 Å². The van der Waals surface area contributed by atoms with E-state index in [2.05, 4.69) is 19.4 Å². The summed E-state index contributed by atoms with van der Waals surface area (Å²) in [6.07, 6.45) is 7.31. The number of nitrogens with zero attached hydrogens (tertiary/aromatic N) is 5. The van der Waals surface area contributed by atoms with Crippen molar-refractivity contribution >= 4 is 5.91 Å². The summed E-state index contributed by atoms with van der Waals surface area (Å²) in [5.41, 5.74) is 0.445. The highest BCUT2D eigenvalue weighted by Gasteiger charge is 2.21. The second-order valence-corrected chi connectivity index (χ2v) is 6.27. The van der Waals surface area contributed by atoms with Gasteiger partial charge in [-0.2, -0.15) is 0 Å². The van der Waals surface area contributed by atoms with Crippen molar-refractivity contribution in [1.29, 1.82) is 0 Å². The molecule has 3 heterocycles. The van der Waals surface area contributed by atoms with Crippen LogP contribution in [0.25, 0.3) is 0 Å². The quantitative estimate of drug-likeness (QED) is 0.817. The van der Waals surface area contributed by atoms with E-state index in [9.17, 15) is 4.79 Å². The van der Waals surface area contributed by atoms with E-state index < -0.39 is 0 Å². The van der Waals surface area contributed by atoms with Crippen molar-refractivity contribution in [2.24, 2.45) is 7.05 Å². The number of pyridine rings is 1. The second kappa shape index (κ2) is 8.11. The molecule has 25 heavy (non-hydrogen) atoms. The summed E-state index contributed by atoms with van der Waals surface area (Å²) in [5, 5.41) is 0. The van der Waals surface area contributed by atoms with E-state index in [4.69, 9.17) is 4.74 Å². The second-order valence-electron chi connectivity index (χ2n) is 6.27. The molecular formula is C18H25N5O2. The minimum absolute atomic E-state index is 0.0233. The molecule has 134 valence electrons. The Bertz CT molecular complexity index is 715. The van der Waals surface area contributed by atoms with Gasteiger partial charge in [-0.05, 0) is 19.0 Å². The molecule has 7 heteroatoms. The van der Waals surface area contributed by atoms with Gasteiger partial charge >= 0.3 is 0 Å². The Morgan fingerprint density at radius 1 is 1.20 bits per heavy atom. The van der Waals surface area contributed by atoms with Crippen LogP contribution in [-0.4, -0.2) is 70.1 Å². The van der Waals surface area contributed by atoms with Gasteiger partial charge in [0.05, 0.1) is 7.11 Å².